The second kappa shape index (κ2) is 9.05. The Balaban J connectivity index is 1.92. The molecule has 0 saturated heterocycles. The Hall–Kier alpha value is -2.37. The summed E-state index contributed by atoms with van der Waals surface area (Å²) in [5.74, 6) is 0.422. The average molecular weight is 361 g/mol. The number of benzene rings is 2. The first kappa shape index (κ1) is 18.0. The van der Waals surface area contributed by atoms with Crippen molar-refractivity contribution in [1.82, 2.24) is 5.32 Å². The molecule has 6 heteroatoms. The number of rotatable bonds is 6. The van der Waals surface area contributed by atoms with Gasteiger partial charge in [0, 0.05) is 5.02 Å². The maximum atomic E-state index is 12.0. The van der Waals surface area contributed by atoms with Crippen molar-refractivity contribution in [2.24, 2.45) is 0 Å². The van der Waals surface area contributed by atoms with Crippen LogP contribution in [0.1, 0.15) is 5.56 Å². The summed E-state index contributed by atoms with van der Waals surface area (Å²) in [5, 5.41) is 6.46. The number of anilines is 1. The van der Waals surface area contributed by atoms with E-state index in [0.29, 0.717) is 23.1 Å². The minimum atomic E-state index is -0.209. The van der Waals surface area contributed by atoms with Gasteiger partial charge < -0.3 is 15.4 Å². The Labute approximate surface area is 151 Å². The third kappa shape index (κ3) is 5.68. The molecule has 2 aromatic carbocycles. The molecule has 0 aromatic heterocycles. The van der Waals surface area contributed by atoms with Crippen LogP contribution in [0.25, 0.3) is 0 Å². The summed E-state index contributed by atoms with van der Waals surface area (Å²) in [6.45, 7) is 4.00. The summed E-state index contributed by atoms with van der Waals surface area (Å²) >= 11 is 11.0. The average Bonchev–Trinajstić information content (AvgIpc) is 2.56. The molecule has 24 heavy (non-hydrogen) atoms. The molecule has 2 N–H and O–H groups in total. The van der Waals surface area contributed by atoms with E-state index in [1.807, 2.05) is 24.3 Å². The van der Waals surface area contributed by atoms with E-state index in [1.54, 1.807) is 30.3 Å². The van der Waals surface area contributed by atoms with Gasteiger partial charge in [0.15, 0.2) is 5.11 Å². The van der Waals surface area contributed by atoms with Gasteiger partial charge in [-0.1, -0.05) is 48.5 Å². The second-order valence-electron chi connectivity index (χ2n) is 4.90. The number of carbonyl (C=O) groups is 1. The van der Waals surface area contributed by atoms with Gasteiger partial charge in [-0.2, -0.15) is 0 Å². The van der Waals surface area contributed by atoms with Crippen molar-refractivity contribution in [2.75, 3.05) is 11.9 Å². The summed E-state index contributed by atoms with van der Waals surface area (Å²) in [6.07, 6.45) is 1.87. The van der Waals surface area contributed by atoms with E-state index in [4.69, 9.17) is 28.6 Å². The van der Waals surface area contributed by atoms with Crippen LogP contribution in [-0.4, -0.2) is 17.6 Å². The van der Waals surface area contributed by atoms with E-state index in [9.17, 15) is 4.79 Å². The summed E-state index contributed by atoms with van der Waals surface area (Å²) in [7, 11) is 0. The van der Waals surface area contributed by atoms with Crippen LogP contribution in [0.2, 0.25) is 5.02 Å². The molecule has 0 spiro atoms. The van der Waals surface area contributed by atoms with Crippen LogP contribution < -0.4 is 15.4 Å². The van der Waals surface area contributed by atoms with Crippen molar-refractivity contribution in [2.45, 2.75) is 6.42 Å². The maximum absolute atomic E-state index is 12.0. The lowest BCUT2D eigenvalue weighted by Gasteiger charge is -2.13. The monoisotopic (exact) mass is 360 g/mol. The molecule has 1 amide bonds. The molecule has 124 valence electrons. The highest BCUT2D eigenvalue weighted by molar-refractivity contribution is 7.80. The molecule has 0 aliphatic rings. The van der Waals surface area contributed by atoms with Crippen molar-refractivity contribution in [3.63, 3.8) is 0 Å². The minimum Gasteiger partial charge on any atom is -0.487 e. The molecule has 0 aliphatic heterocycles. The van der Waals surface area contributed by atoms with Crippen molar-refractivity contribution >= 4 is 40.5 Å². The first-order valence-corrected chi connectivity index (χ1v) is 8.05. The predicted octanol–water partition coefficient (Wildman–Crippen LogP) is 3.96. The van der Waals surface area contributed by atoms with Crippen LogP contribution in [0.4, 0.5) is 5.69 Å². The Bertz CT molecular complexity index is 732. The molecular formula is C18H17ClN2O2S. The third-order valence-corrected chi connectivity index (χ3v) is 3.48. The fourth-order valence-corrected chi connectivity index (χ4v) is 2.31. The fourth-order valence-electron chi connectivity index (χ4n) is 1.96. The maximum Gasteiger partial charge on any atom is 0.230 e. The molecule has 0 unspecified atom stereocenters. The van der Waals surface area contributed by atoms with Crippen LogP contribution >= 0.6 is 23.8 Å². The lowest BCUT2D eigenvalue weighted by molar-refractivity contribution is -0.119. The van der Waals surface area contributed by atoms with E-state index in [2.05, 4.69) is 17.2 Å². The van der Waals surface area contributed by atoms with E-state index in [1.165, 1.54) is 0 Å². The highest BCUT2D eigenvalue weighted by Crippen LogP contribution is 2.23. The number of thiocarbonyl (C=S) groups is 1. The molecule has 2 aromatic rings. The molecule has 0 heterocycles. The van der Waals surface area contributed by atoms with Gasteiger partial charge in [0.1, 0.15) is 12.4 Å². The van der Waals surface area contributed by atoms with Gasteiger partial charge >= 0.3 is 0 Å². The number of halogens is 1. The number of carbonyl (C=O) groups excluding carboxylic acids is 1. The molecular weight excluding hydrogens is 344 g/mol. The molecule has 0 fully saturated rings. The largest absolute Gasteiger partial charge is 0.487 e. The van der Waals surface area contributed by atoms with Crippen LogP contribution in [0.3, 0.4) is 0 Å². The summed E-state index contributed by atoms with van der Waals surface area (Å²) in [4.78, 5) is 12.0. The first-order chi connectivity index (χ1) is 11.6. The van der Waals surface area contributed by atoms with Gasteiger partial charge in [-0.15, -0.1) is 0 Å². The summed E-state index contributed by atoms with van der Waals surface area (Å²) < 4.78 is 5.53. The molecule has 0 aliphatic carbocycles. The topological polar surface area (TPSA) is 50.4 Å². The van der Waals surface area contributed by atoms with Crippen molar-refractivity contribution in [3.05, 3.63) is 71.8 Å². The van der Waals surface area contributed by atoms with Crippen LogP contribution in [0.15, 0.2) is 61.2 Å². The van der Waals surface area contributed by atoms with E-state index in [-0.39, 0.29) is 17.4 Å². The lowest BCUT2D eigenvalue weighted by atomic mass is 10.1. The molecule has 2 rings (SSSR count). The third-order valence-electron chi connectivity index (χ3n) is 3.02. The molecule has 4 nitrogen and oxygen atoms in total. The normalized spacial score (nSPS) is 9.88. The highest BCUT2D eigenvalue weighted by atomic mass is 35.5. The van der Waals surface area contributed by atoms with Gasteiger partial charge in [-0.05, 0) is 42.0 Å². The van der Waals surface area contributed by atoms with Crippen molar-refractivity contribution in [1.29, 1.82) is 0 Å². The molecule has 0 bridgehead atoms. The number of nitrogens with one attached hydrogen (secondary N) is 2. The van der Waals surface area contributed by atoms with Crippen LogP contribution in [0.5, 0.6) is 5.75 Å². The molecule has 0 saturated carbocycles. The standard InChI is InChI=1S/C18H17ClN2O2S/c1-2-11-23-16-6-4-3-5-15(16)20-18(24)21-17(22)12-13-7-9-14(19)10-8-13/h2-10H,1,11-12H2,(H2,20,21,22,24). The Morgan fingerprint density at radius 2 is 1.92 bits per heavy atom. The fraction of sp³-hybridized carbons (Fsp3) is 0.111. The molecule has 0 radical (unpaired) electrons. The van der Waals surface area contributed by atoms with E-state index < -0.39 is 0 Å². The van der Waals surface area contributed by atoms with Crippen molar-refractivity contribution in [3.8, 4) is 5.75 Å². The number of hydrogen-bond donors (Lipinski definition) is 2. The van der Waals surface area contributed by atoms with E-state index >= 15 is 0 Å². The minimum absolute atomic E-state index is 0.209. The smallest absolute Gasteiger partial charge is 0.230 e. The SMILES string of the molecule is C=CCOc1ccccc1NC(=S)NC(=O)Cc1ccc(Cl)cc1. The second-order valence-corrected chi connectivity index (χ2v) is 5.75. The number of ether oxygens (including phenoxy) is 1. The highest BCUT2D eigenvalue weighted by Gasteiger charge is 2.08. The Morgan fingerprint density at radius 1 is 1.21 bits per heavy atom. The van der Waals surface area contributed by atoms with Gasteiger partial charge in [0.25, 0.3) is 0 Å². The Morgan fingerprint density at radius 3 is 2.62 bits per heavy atom. The number of hydrogen-bond acceptors (Lipinski definition) is 3. The summed E-state index contributed by atoms with van der Waals surface area (Å²) in [5.41, 5.74) is 1.53. The van der Waals surface area contributed by atoms with E-state index in [0.717, 1.165) is 5.56 Å². The zero-order chi connectivity index (χ0) is 17.4. The Kier molecular flexibility index (Phi) is 6.78. The zero-order valence-corrected chi connectivity index (χ0v) is 14.5. The zero-order valence-electron chi connectivity index (χ0n) is 12.9. The number of amides is 1. The van der Waals surface area contributed by atoms with Gasteiger partial charge in [-0.25, -0.2) is 0 Å². The first-order valence-electron chi connectivity index (χ1n) is 7.26. The number of para-hydroxylation sites is 2. The van der Waals surface area contributed by atoms with Gasteiger partial charge in [-0.3, -0.25) is 4.79 Å². The van der Waals surface area contributed by atoms with Crippen LogP contribution in [0, 0.1) is 0 Å². The van der Waals surface area contributed by atoms with Crippen LogP contribution in [-0.2, 0) is 11.2 Å². The quantitative estimate of drug-likeness (QED) is 0.604. The van der Waals surface area contributed by atoms with Gasteiger partial charge in [0.2, 0.25) is 5.91 Å². The van der Waals surface area contributed by atoms with Crippen molar-refractivity contribution < 1.29 is 9.53 Å². The summed E-state index contributed by atoms with van der Waals surface area (Å²) in [6, 6.07) is 14.4. The predicted molar refractivity (Wildman–Crippen MR) is 102 cm³/mol. The molecule has 0 atom stereocenters. The lowest BCUT2D eigenvalue weighted by Crippen LogP contribution is -2.35. The van der Waals surface area contributed by atoms with Gasteiger partial charge in [0.05, 0.1) is 12.1 Å².